The van der Waals surface area contributed by atoms with Crippen molar-refractivity contribution in [3.8, 4) is 5.75 Å². The largest absolute Gasteiger partial charge is 0.496 e. The third kappa shape index (κ3) is 3.80. The van der Waals surface area contributed by atoms with Gasteiger partial charge in [0.05, 0.1) is 7.11 Å². The van der Waals surface area contributed by atoms with Gasteiger partial charge in [-0.05, 0) is 49.9 Å². The molecule has 0 aliphatic heterocycles. The summed E-state index contributed by atoms with van der Waals surface area (Å²) in [6.45, 7) is 4.68. The van der Waals surface area contributed by atoms with Crippen LogP contribution in [-0.4, -0.2) is 25.2 Å². The van der Waals surface area contributed by atoms with E-state index in [0.29, 0.717) is 6.61 Å². The van der Waals surface area contributed by atoms with Crippen molar-refractivity contribution in [2.24, 2.45) is 0 Å². The Bertz CT molecular complexity index is 507. The number of benzene rings is 1. The monoisotopic (exact) mass is 305 g/mol. The summed E-state index contributed by atoms with van der Waals surface area (Å²) in [6.07, 6.45) is 5.85. The van der Waals surface area contributed by atoms with Crippen LogP contribution in [0.3, 0.4) is 0 Å². The Balaban J connectivity index is 2.11. The van der Waals surface area contributed by atoms with Crippen LogP contribution in [0, 0.1) is 6.92 Å². The molecule has 1 saturated carbocycles. The number of methoxy groups -OCH3 is 1. The molecule has 0 bridgehead atoms. The lowest BCUT2D eigenvalue weighted by atomic mass is 9.83. The third-order valence-corrected chi connectivity index (χ3v) is 4.31. The second-order valence-corrected chi connectivity index (χ2v) is 6.04. The summed E-state index contributed by atoms with van der Waals surface area (Å²) in [5.74, 6) is 0.817. The number of amides is 1. The van der Waals surface area contributed by atoms with E-state index in [9.17, 15) is 4.79 Å². The van der Waals surface area contributed by atoms with E-state index in [1.54, 1.807) is 7.11 Å². The van der Waals surface area contributed by atoms with Crippen LogP contribution in [0.4, 0.5) is 5.69 Å². The highest BCUT2D eigenvalue weighted by Gasteiger charge is 2.40. The molecule has 1 amide bonds. The lowest BCUT2D eigenvalue weighted by Gasteiger charge is -2.35. The average Bonchev–Trinajstić information content (AvgIpc) is 2.54. The molecule has 1 aromatic rings. The molecule has 0 aromatic heterocycles. The summed E-state index contributed by atoms with van der Waals surface area (Å²) in [7, 11) is 1.65. The average molecular weight is 305 g/mol. The smallest absolute Gasteiger partial charge is 0.256 e. The molecule has 4 nitrogen and oxygen atoms in total. The fourth-order valence-electron chi connectivity index (χ4n) is 3.06. The Labute approximate surface area is 133 Å². The maximum absolute atomic E-state index is 12.8. The predicted octanol–water partition coefficient (Wildman–Crippen LogP) is 4.07. The molecule has 4 heteroatoms. The number of carbonyl (C=O) groups is 1. The molecule has 1 aromatic carbocycles. The van der Waals surface area contributed by atoms with Gasteiger partial charge in [0.25, 0.3) is 5.91 Å². The zero-order valence-corrected chi connectivity index (χ0v) is 13.9. The molecule has 1 fully saturated rings. The Hall–Kier alpha value is -1.55. The van der Waals surface area contributed by atoms with Gasteiger partial charge in [-0.15, -0.1) is 0 Å². The minimum Gasteiger partial charge on any atom is -0.496 e. The van der Waals surface area contributed by atoms with Crippen molar-refractivity contribution in [3.63, 3.8) is 0 Å². The van der Waals surface area contributed by atoms with Crippen LogP contribution in [-0.2, 0) is 9.53 Å². The van der Waals surface area contributed by atoms with Gasteiger partial charge in [-0.2, -0.15) is 0 Å². The van der Waals surface area contributed by atoms with E-state index in [1.165, 1.54) is 6.42 Å². The lowest BCUT2D eigenvalue weighted by molar-refractivity contribution is -0.146. The van der Waals surface area contributed by atoms with Crippen molar-refractivity contribution in [2.45, 2.75) is 58.0 Å². The number of hydrogen-bond donors (Lipinski definition) is 1. The lowest BCUT2D eigenvalue weighted by Crippen LogP contribution is -2.47. The van der Waals surface area contributed by atoms with Crippen molar-refractivity contribution < 1.29 is 14.3 Å². The highest BCUT2D eigenvalue weighted by Crippen LogP contribution is 2.33. The van der Waals surface area contributed by atoms with Gasteiger partial charge in [-0.1, -0.05) is 26.2 Å². The van der Waals surface area contributed by atoms with Crippen molar-refractivity contribution >= 4 is 11.6 Å². The zero-order chi connectivity index (χ0) is 16.0. The maximum Gasteiger partial charge on any atom is 0.256 e. The first kappa shape index (κ1) is 16.8. The second-order valence-electron chi connectivity index (χ2n) is 6.04. The highest BCUT2D eigenvalue weighted by atomic mass is 16.5. The standard InChI is InChI=1S/C18H27NO3/c1-4-12-22-18(10-6-5-7-11-18)17(20)19-15-8-9-16(21-3)14(2)13-15/h8-9,13H,4-7,10-12H2,1-3H3,(H,19,20). The topological polar surface area (TPSA) is 47.6 Å². The Kier molecular flexibility index (Phi) is 5.83. The number of rotatable bonds is 6. The van der Waals surface area contributed by atoms with Crippen molar-refractivity contribution in [3.05, 3.63) is 23.8 Å². The molecule has 0 saturated heterocycles. The molecule has 0 unspecified atom stereocenters. The fourth-order valence-corrected chi connectivity index (χ4v) is 3.06. The first-order chi connectivity index (χ1) is 10.6. The third-order valence-electron chi connectivity index (χ3n) is 4.31. The van der Waals surface area contributed by atoms with E-state index in [0.717, 1.165) is 49.1 Å². The van der Waals surface area contributed by atoms with Gasteiger partial charge in [0.15, 0.2) is 0 Å². The van der Waals surface area contributed by atoms with Gasteiger partial charge in [-0.3, -0.25) is 4.79 Å². The van der Waals surface area contributed by atoms with E-state index in [1.807, 2.05) is 25.1 Å². The number of carbonyl (C=O) groups excluding carboxylic acids is 1. The second kappa shape index (κ2) is 7.63. The summed E-state index contributed by atoms with van der Waals surface area (Å²) < 4.78 is 11.2. The molecule has 1 aliphatic rings. The van der Waals surface area contributed by atoms with E-state index in [4.69, 9.17) is 9.47 Å². The van der Waals surface area contributed by atoms with Gasteiger partial charge >= 0.3 is 0 Å². The summed E-state index contributed by atoms with van der Waals surface area (Å²) in [4.78, 5) is 12.8. The number of ether oxygens (including phenoxy) is 2. The first-order valence-corrected chi connectivity index (χ1v) is 8.21. The molecule has 1 N–H and O–H groups in total. The number of nitrogens with one attached hydrogen (secondary N) is 1. The van der Waals surface area contributed by atoms with Crippen LogP contribution >= 0.6 is 0 Å². The van der Waals surface area contributed by atoms with Crippen molar-refractivity contribution in [1.29, 1.82) is 0 Å². The minimum absolute atomic E-state index is 0.00906. The van der Waals surface area contributed by atoms with Crippen LogP contribution in [0.1, 0.15) is 51.0 Å². The molecule has 0 spiro atoms. The van der Waals surface area contributed by atoms with Gasteiger partial charge in [-0.25, -0.2) is 0 Å². The quantitative estimate of drug-likeness (QED) is 0.861. The van der Waals surface area contributed by atoms with Gasteiger partial charge < -0.3 is 14.8 Å². The van der Waals surface area contributed by atoms with Gasteiger partial charge in [0.2, 0.25) is 0 Å². The molecule has 0 atom stereocenters. The Morgan fingerprint density at radius 3 is 2.59 bits per heavy atom. The molecular weight excluding hydrogens is 278 g/mol. The van der Waals surface area contributed by atoms with Crippen LogP contribution in [0.25, 0.3) is 0 Å². The van der Waals surface area contributed by atoms with Crippen LogP contribution in [0.15, 0.2) is 18.2 Å². The van der Waals surface area contributed by atoms with Gasteiger partial charge in [0, 0.05) is 12.3 Å². The maximum atomic E-state index is 12.8. The summed E-state index contributed by atoms with van der Waals surface area (Å²) in [5, 5.41) is 3.03. The Morgan fingerprint density at radius 2 is 2.00 bits per heavy atom. The number of aryl methyl sites for hydroxylation is 1. The molecule has 1 aliphatic carbocycles. The molecule has 22 heavy (non-hydrogen) atoms. The molecule has 122 valence electrons. The van der Waals surface area contributed by atoms with E-state index >= 15 is 0 Å². The normalized spacial score (nSPS) is 17.0. The number of anilines is 1. The minimum atomic E-state index is -0.651. The fraction of sp³-hybridized carbons (Fsp3) is 0.611. The molecule has 2 rings (SSSR count). The van der Waals surface area contributed by atoms with Crippen LogP contribution < -0.4 is 10.1 Å². The molecular formula is C18H27NO3. The van der Waals surface area contributed by atoms with E-state index in [2.05, 4.69) is 12.2 Å². The SMILES string of the molecule is CCCOC1(C(=O)Nc2ccc(OC)c(C)c2)CCCCC1. The number of hydrogen-bond acceptors (Lipinski definition) is 3. The van der Waals surface area contributed by atoms with Crippen LogP contribution in [0.2, 0.25) is 0 Å². The summed E-state index contributed by atoms with van der Waals surface area (Å²) in [6, 6.07) is 5.69. The molecule has 0 radical (unpaired) electrons. The zero-order valence-electron chi connectivity index (χ0n) is 13.9. The van der Waals surface area contributed by atoms with Gasteiger partial charge in [0.1, 0.15) is 11.4 Å². The highest BCUT2D eigenvalue weighted by molar-refractivity contribution is 5.97. The predicted molar refractivity (Wildman–Crippen MR) is 88.4 cm³/mol. The van der Waals surface area contributed by atoms with Crippen molar-refractivity contribution in [2.75, 3.05) is 19.0 Å². The molecule has 0 heterocycles. The van der Waals surface area contributed by atoms with E-state index < -0.39 is 5.60 Å². The Morgan fingerprint density at radius 1 is 1.27 bits per heavy atom. The first-order valence-electron chi connectivity index (χ1n) is 8.21. The van der Waals surface area contributed by atoms with Crippen LogP contribution in [0.5, 0.6) is 5.75 Å². The summed E-state index contributed by atoms with van der Waals surface area (Å²) in [5.41, 5.74) is 1.16. The van der Waals surface area contributed by atoms with Crippen molar-refractivity contribution in [1.82, 2.24) is 0 Å². The van der Waals surface area contributed by atoms with E-state index in [-0.39, 0.29) is 5.91 Å². The summed E-state index contributed by atoms with van der Waals surface area (Å²) >= 11 is 0.